The van der Waals surface area contributed by atoms with Crippen molar-refractivity contribution in [2.75, 3.05) is 0 Å². The van der Waals surface area contributed by atoms with E-state index in [-0.39, 0.29) is 17.6 Å². The molecule has 0 aliphatic heterocycles. The van der Waals surface area contributed by atoms with Crippen LogP contribution >= 0.6 is 0 Å². The molecule has 0 aromatic heterocycles. The molecule has 4 nitrogen and oxygen atoms in total. The highest BCUT2D eigenvalue weighted by Crippen LogP contribution is 2.30. The van der Waals surface area contributed by atoms with Gasteiger partial charge in [-0.25, -0.2) is 0 Å². The summed E-state index contributed by atoms with van der Waals surface area (Å²) in [7, 11) is 0. The summed E-state index contributed by atoms with van der Waals surface area (Å²) in [6.07, 6.45) is 1.09. The zero-order valence-corrected chi connectivity index (χ0v) is 11.1. The van der Waals surface area contributed by atoms with E-state index < -0.39 is 12.0 Å². The van der Waals surface area contributed by atoms with Crippen molar-refractivity contribution >= 4 is 5.97 Å². The lowest BCUT2D eigenvalue weighted by Crippen LogP contribution is -2.32. The van der Waals surface area contributed by atoms with Gasteiger partial charge in [0.05, 0.1) is 0 Å². The van der Waals surface area contributed by atoms with Crippen LogP contribution in [0.4, 0.5) is 0 Å². The fourth-order valence-electron chi connectivity index (χ4n) is 1.70. The van der Waals surface area contributed by atoms with Gasteiger partial charge in [0.2, 0.25) is 0 Å². The van der Waals surface area contributed by atoms with Crippen molar-refractivity contribution in [3.8, 4) is 5.75 Å². The summed E-state index contributed by atoms with van der Waals surface area (Å²) < 4.78 is 0. The Kier molecular flexibility index (Phi) is 4.35. The molecule has 1 aromatic carbocycles. The molecule has 0 fully saturated rings. The topological polar surface area (TPSA) is 83.5 Å². The van der Waals surface area contributed by atoms with Crippen molar-refractivity contribution in [3.63, 3.8) is 0 Å². The Morgan fingerprint density at radius 2 is 2.06 bits per heavy atom. The predicted molar refractivity (Wildman–Crippen MR) is 70.7 cm³/mol. The first-order chi connectivity index (χ1) is 8.27. The van der Waals surface area contributed by atoms with Gasteiger partial charge in [-0.2, -0.15) is 0 Å². The van der Waals surface area contributed by atoms with Gasteiger partial charge in [-0.05, 0) is 29.0 Å². The maximum Gasteiger partial charge on any atom is 0.320 e. The third kappa shape index (κ3) is 3.23. The van der Waals surface area contributed by atoms with Gasteiger partial charge in [-0.1, -0.05) is 32.9 Å². The number of phenolic OH excluding ortho intramolecular Hbond substituents is 1. The van der Waals surface area contributed by atoms with E-state index in [0.29, 0.717) is 5.56 Å². The van der Waals surface area contributed by atoms with Crippen molar-refractivity contribution in [1.29, 1.82) is 0 Å². The van der Waals surface area contributed by atoms with E-state index in [1.807, 2.05) is 12.1 Å². The summed E-state index contributed by atoms with van der Waals surface area (Å²) >= 11 is 0. The molecule has 1 aromatic rings. The fourth-order valence-corrected chi connectivity index (χ4v) is 1.70. The maximum absolute atomic E-state index is 10.7. The zero-order valence-electron chi connectivity index (χ0n) is 11.1. The summed E-state index contributed by atoms with van der Waals surface area (Å²) in [5, 5.41) is 18.6. The molecular weight excluding hydrogens is 230 g/mol. The lowest BCUT2D eigenvalue weighted by Gasteiger charge is -2.24. The number of benzene rings is 1. The average molecular weight is 251 g/mol. The lowest BCUT2D eigenvalue weighted by molar-refractivity contribution is -0.138. The van der Waals surface area contributed by atoms with Crippen LogP contribution in [-0.4, -0.2) is 22.2 Å². The lowest BCUT2D eigenvalue weighted by atomic mass is 9.81. The van der Waals surface area contributed by atoms with E-state index in [9.17, 15) is 9.90 Å². The first-order valence-electron chi connectivity index (χ1n) is 6.08. The Morgan fingerprint density at radius 3 is 2.56 bits per heavy atom. The first kappa shape index (κ1) is 14.5. The molecule has 100 valence electrons. The van der Waals surface area contributed by atoms with E-state index in [0.717, 1.165) is 12.0 Å². The average Bonchev–Trinajstić information content (AvgIpc) is 2.31. The van der Waals surface area contributed by atoms with Gasteiger partial charge in [0.15, 0.2) is 0 Å². The molecule has 1 unspecified atom stereocenters. The molecule has 0 spiro atoms. The molecule has 18 heavy (non-hydrogen) atoms. The van der Waals surface area contributed by atoms with Gasteiger partial charge in [0.1, 0.15) is 11.8 Å². The Labute approximate surface area is 107 Å². The molecule has 0 saturated carbocycles. The Morgan fingerprint density at radius 1 is 1.44 bits per heavy atom. The van der Waals surface area contributed by atoms with Crippen LogP contribution in [0.3, 0.4) is 0 Å². The minimum atomic E-state index is -1.06. The molecule has 0 bridgehead atoms. The minimum Gasteiger partial charge on any atom is -0.508 e. The summed E-state index contributed by atoms with van der Waals surface area (Å²) in [5.74, 6) is -0.961. The van der Waals surface area contributed by atoms with Crippen LogP contribution in [0.2, 0.25) is 0 Å². The molecular formula is C14H21NO3. The number of aliphatic carboxylic acids is 1. The number of hydrogen-bond acceptors (Lipinski definition) is 3. The number of carboxylic acid groups (broad SMARTS) is 1. The van der Waals surface area contributed by atoms with Crippen LogP contribution in [0.15, 0.2) is 18.2 Å². The SMILES string of the molecule is CCC(C)(C)c1ccc(O)c(CC(N)C(=O)O)c1. The Bertz CT molecular complexity index is 441. The van der Waals surface area contributed by atoms with Crippen molar-refractivity contribution < 1.29 is 15.0 Å². The highest BCUT2D eigenvalue weighted by molar-refractivity contribution is 5.73. The first-order valence-corrected chi connectivity index (χ1v) is 6.08. The fraction of sp³-hybridized carbons (Fsp3) is 0.500. The molecule has 0 amide bonds. The molecule has 0 aliphatic carbocycles. The number of carbonyl (C=O) groups is 1. The van der Waals surface area contributed by atoms with Gasteiger partial charge in [0, 0.05) is 6.42 Å². The molecule has 0 aliphatic rings. The monoisotopic (exact) mass is 251 g/mol. The maximum atomic E-state index is 10.7. The molecule has 0 heterocycles. The number of rotatable bonds is 5. The van der Waals surface area contributed by atoms with Crippen molar-refractivity contribution in [2.24, 2.45) is 5.73 Å². The number of hydrogen-bond donors (Lipinski definition) is 3. The van der Waals surface area contributed by atoms with Gasteiger partial charge >= 0.3 is 5.97 Å². The summed E-state index contributed by atoms with van der Waals surface area (Å²) in [6, 6.07) is 4.34. The summed E-state index contributed by atoms with van der Waals surface area (Å²) in [6.45, 7) is 6.32. The van der Waals surface area contributed by atoms with Gasteiger partial charge < -0.3 is 15.9 Å². The molecule has 4 N–H and O–H groups in total. The third-order valence-electron chi connectivity index (χ3n) is 3.50. The molecule has 0 saturated heterocycles. The number of phenols is 1. The van der Waals surface area contributed by atoms with Crippen LogP contribution in [0, 0.1) is 0 Å². The third-order valence-corrected chi connectivity index (χ3v) is 3.50. The van der Waals surface area contributed by atoms with Crippen molar-refractivity contribution in [2.45, 2.75) is 45.1 Å². The normalized spacial score (nSPS) is 13.3. The highest BCUT2D eigenvalue weighted by Gasteiger charge is 2.21. The second-order valence-corrected chi connectivity index (χ2v) is 5.23. The second kappa shape index (κ2) is 5.40. The van der Waals surface area contributed by atoms with Gasteiger partial charge in [0.25, 0.3) is 0 Å². The van der Waals surface area contributed by atoms with Crippen LogP contribution in [-0.2, 0) is 16.6 Å². The Balaban J connectivity index is 3.05. The Hall–Kier alpha value is -1.55. The quantitative estimate of drug-likeness (QED) is 0.747. The van der Waals surface area contributed by atoms with E-state index in [1.54, 1.807) is 6.07 Å². The standard InChI is InChI=1S/C14H21NO3/c1-4-14(2,3)10-5-6-12(16)9(7-10)8-11(15)13(17)18/h5-7,11,16H,4,8,15H2,1-3H3,(H,17,18). The van der Waals surface area contributed by atoms with E-state index in [1.165, 1.54) is 0 Å². The molecule has 4 heteroatoms. The van der Waals surface area contributed by atoms with Crippen LogP contribution in [0.25, 0.3) is 0 Å². The van der Waals surface area contributed by atoms with E-state index in [2.05, 4.69) is 20.8 Å². The smallest absolute Gasteiger partial charge is 0.320 e. The predicted octanol–water partition coefficient (Wildman–Crippen LogP) is 2.03. The highest BCUT2D eigenvalue weighted by atomic mass is 16.4. The molecule has 1 atom stereocenters. The second-order valence-electron chi connectivity index (χ2n) is 5.23. The van der Waals surface area contributed by atoms with E-state index in [4.69, 9.17) is 10.8 Å². The zero-order chi connectivity index (χ0) is 13.9. The van der Waals surface area contributed by atoms with Crippen molar-refractivity contribution in [3.05, 3.63) is 29.3 Å². The number of carboxylic acids is 1. The van der Waals surface area contributed by atoms with Gasteiger partial charge in [-0.15, -0.1) is 0 Å². The summed E-state index contributed by atoms with van der Waals surface area (Å²) in [5.41, 5.74) is 7.16. The van der Waals surface area contributed by atoms with E-state index >= 15 is 0 Å². The van der Waals surface area contributed by atoms with Crippen LogP contribution in [0.5, 0.6) is 5.75 Å². The number of aromatic hydroxyl groups is 1. The van der Waals surface area contributed by atoms with Crippen LogP contribution in [0.1, 0.15) is 38.3 Å². The molecule has 1 rings (SSSR count). The minimum absolute atomic E-state index is 0.00420. The number of nitrogens with two attached hydrogens (primary N) is 1. The van der Waals surface area contributed by atoms with Gasteiger partial charge in [-0.3, -0.25) is 4.79 Å². The van der Waals surface area contributed by atoms with Crippen LogP contribution < -0.4 is 5.73 Å². The largest absolute Gasteiger partial charge is 0.508 e. The summed E-state index contributed by atoms with van der Waals surface area (Å²) in [4.78, 5) is 10.7. The molecule has 0 radical (unpaired) electrons. The van der Waals surface area contributed by atoms with Crippen molar-refractivity contribution in [1.82, 2.24) is 0 Å².